The van der Waals surface area contributed by atoms with E-state index < -0.39 is 0 Å². The normalized spacial score (nSPS) is 21.2. The summed E-state index contributed by atoms with van der Waals surface area (Å²) in [6, 6.07) is 8.05. The summed E-state index contributed by atoms with van der Waals surface area (Å²) in [7, 11) is 0. The Kier molecular flexibility index (Phi) is 3.93. The molecule has 2 atom stereocenters. The lowest BCUT2D eigenvalue weighted by molar-refractivity contribution is 0.364. The summed E-state index contributed by atoms with van der Waals surface area (Å²) in [5, 5.41) is 3.66. The number of nitrogens with one attached hydrogen (secondary N) is 1. The highest BCUT2D eigenvalue weighted by Crippen LogP contribution is 2.25. The Morgan fingerprint density at radius 1 is 1.11 bits per heavy atom. The minimum absolute atomic E-state index is 0.769. The molecule has 1 aromatic rings. The number of rotatable bonds is 6. The van der Waals surface area contributed by atoms with E-state index in [1.54, 1.807) is 16.7 Å². The van der Waals surface area contributed by atoms with Crippen LogP contribution in [0.2, 0.25) is 0 Å². The highest BCUT2D eigenvalue weighted by Gasteiger charge is 2.22. The van der Waals surface area contributed by atoms with E-state index in [2.05, 4.69) is 37.4 Å². The van der Waals surface area contributed by atoms with Gasteiger partial charge in [-0.05, 0) is 73.6 Å². The van der Waals surface area contributed by atoms with Crippen molar-refractivity contribution < 1.29 is 0 Å². The standard InChI is InChI=1S/C18H27N/c1-13(14(2)12-19-18-8-9-18)10-15-6-7-16-4-3-5-17(16)11-15/h6-7,11,13-14,18-19H,3-5,8-10,12H2,1-2H3. The van der Waals surface area contributed by atoms with Crippen molar-refractivity contribution in [3.63, 3.8) is 0 Å². The van der Waals surface area contributed by atoms with Gasteiger partial charge in [0.15, 0.2) is 0 Å². The molecule has 0 spiro atoms. The second kappa shape index (κ2) is 5.66. The molecule has 0 bridgehead atoms. The van der Waals surface area contributed by atoms with Crippen LogP contribution in [-0.2, 0) is 19.3 Å². The number of hydrogen-bond acceptors (Lipinski definition) is 1. The summed E-state index contributed by atoms with van der Waals surface area (Å²) in [4.78, 5) is 0. The molecule has 1 fully saturated rings. The van der Waals surface area contributed by atoms with E-state index in [1.807, 2.05) is 0 Å². The Bertz CT molecular complexity index is 433. The van der Waals surface area contributed by atoms with Crippen LogP contribution in [0.5, 0.6) is 0 Å². The summed E-state index contributed by atoms with van der Waals surface area (Å²) in [5.41, 5.74) is 4.76. The van der Waals surface area contributed by atoms with Crippen molar-refractivity contribution in [3.8, 4) is 0 Å². The van der Waals surface area contributed by atoms with Crippen molar-refractivity contribution in [2.45, 2.75) is 58.4 Å². The predicted molar refractivity (Wildman–Crippen MR) is 81.5 cm³/mol. The van der Waals surface area contributed by atoms with Crippen LogP contribution in [0.25, 0.3) is 0 Å². The minimum Gasteiger partial charge on any atom is -0.314 e. The molecule has 1 heteroatoms. The Hall–Kier alpha value is -0.820. The maximum atomic E-state index is 3.66. The number of hydrogen-bond donors (Lipinski definition) is 1. The van der Waals surface area contributed by atoms with Gasteiger partial charge >= 0.3 is 0 Å². The van der Waals surface area contributed by atoms with E-state index in [-0.39, 0.29) is 0 Å². The van der Waals surface area contributed by atoms with Crippen LogP contribution in [0.1, 0.15) is 49.8 Å². The first-order valence-electron chi connectivity index (χ1n) is 8.06. The molecule has 2 unspecified atom stereocenters. The van der Waals surface area contributed by atoms with E-state index in [0.717, 1.165) is 17.9 Å². The zero-order valence-corrected chi connectivity index (χ0v) is 12.4. The van der Waals surface area contributed by atoms with Crippen molar-refractivity contribution in [3.05, 3.63) is 34.9 Å². The summed E-state index contributed by atoms with van der Waals surface area (Å²) >= 11 is 0. The molecule has 0 aromatic heterocycles. The van der Waals surface area contributed by atoms with Crippen LogP contribution < -0.4 is 5.32 Å². The fourth-order valence-corrected chi connectivity index (χ4v) is 3.17. The van der Waals surface area contributed by atoms with Crippen LogP contribution in [0.15, 0.2) is 18.2 Å². The van der Waals surface area contributed by atoms with Crippen LogP contribution in [-0.4, -0.2) is 12.6 Å². The Balaban J connectivity index is 1.54. The number of fused-ring (bicyclic) bond motifs is 1. The largest absolute Gasteiger partial charge is 0.314 e. The molecule has 1 nitrogen and oxygen atoms in total. The Labute approximate surface area is 117 Å². The Morgan fingerprint density at radius 2 is 1.89 bits per heavy atom. The molecule has 0 heterocycles. The fraction of sp³-hybridized carbons (Fsp3) is 0.667. The van der Waals surface area contributed by atoms with Gasteiger partial charge in [0.2, 0.25) is 0 Å². The average Bonchev–Trinajstić information content (AvgIpc) is 3.12. The zero-order valence-electron chi connectivity index (χ0n) is 12.4. The lowest BCUT2D eigenvalue weighted by atomic mass is 9.88. The van der Waals surface area contributed by atoms with Gasteiger partial charge in [0, 0.05) is 6.04 Å². The van der Waals surface area contributed by atoms with Crippen molar-refractivity contribution in [1.29, 1.82) is 0 Å². The summed E-state index contributed by atoms with van der Waals surface area (Å²) < 4.78 is 0. The van der Waals surface area contributed by atoms with E-state index in [9.17, 15) is 0 Å². The lowest BCUT2D eigenvalue weighted by Crippen LogP contribution is -2.27. The van der Waals surface area contributed by atoms with Gasteiger partial charge in [0.05, 0.1) is 0 Å². The second-order valence-corrected chi connectivity index (χ2v) is 6.80. The number of aryl methyl sites for hydroxylation is 2. The maximum Gasteiger partial charge on any atom is 0.00683 e. The molecule has 3 rings (SSSR count). The zero-order chi connectivity index (χ0) is 13.2. The first-order chi connectivity index (χ1) is 9.22. The molecule has 1 N–H and O–H groups in total. The third-order valence-corrected chi connectivity index (χ3v) is 5.00. The second-order valence-electron chi connectivity index (χ2n) is 6.80. The highest BCUT2D eigenvalue weighted by atomic mass is 14.9. The molecule has 0 radical (unpaired) electrons. The lowest BCUT2D eigenvalue weighted by Gasteiger charge is -2.21. The third kappa shape index (κ3) is 3.39. The fourth-order valence-electron chi connectivity index (χ4n) is 3.17. The molecular weight excluding hydrogens is 230 g/mol. The molecule has 1 aromatic carbocycles. The molecule has 2 aliphatic rings. The van der Waals surface area contributed by atoms with Gasteiger partial charge in [0.25, 0.3) is 0 Å². The van der Waals surface area contributed by atoms with Crippen molar-refractivity contribution in [2.75, 3.05) is 6.54 Å². The van der Waals surface area contributed by atoms with Gasteiger partial charge in [-0.3, -0.25) is 0 Å². The van der Waals surface area contributed by atoms with E-state index in [4.69, 9.17) is 0 Å². The SMILES string of the molecule is CC(CNC1CC1)C(C)Cc1ccc2c(c1)CCC2. The van der Waals surface area contributed by atoms with Gasteiger partial charge < -0.3 is 5.32 Å². The third-order valence-electron chi connectivity index (χ3n) is 5.00. The van der Waals surface area contributed by atoms with E-state index in [1.165, 1.54) is 45.1 Å². The Morgan fingerprint density at radius 3 is 2.68 bits per heavy atom. The smallest absolute Gasteiger partial charge is 0.00683 e. The molecule has 0 aliphatic heterocycles. The predicted octanol–water partition coefficient (Wildman–Crippen LogP) is 3.74. The van der Waals surface area contributed by atoms with Gasteiger partial charge in [0.1, 0.15) is 0 Å². The first kappa shape index (κ1) is 13.2. The number of benzene rings is 1. The van der Waals surface area contributed by atoms with Crippen molar-refractivity contribution in [1.82, 2.24) is 5.32 Å². The van der Waals surface area contributed by atoms with Gasteiger partial charge in [-0.2, -0.15) is 0 Å². The topological polar surface area (TPSA) is 12.0 Å². The van der Waals surface area contributed by atoms with Gasteiger partial charge in [-0.25, -0.2) is 0 Å². The van der Waals surface area contributed by atoms with Crippen LogP contribution >= 0.6 is 0 Å². The monoisotopic (exact) mass is 257 g/mol. The molecule has 2 aliphatic carbocycles. The van der Waals surface area contributed by atoms with Gasteiger partial charge in [-0.15, -0.1) is 0 Å². The molecule has 0 amide bonds. The van der Waals surface area contributed by atoms with E-state index >= 15 is 0 Å². The van der Waals surface area contributed by atoms with Crippen molar-refractivity contribution >= 4 is 0 Å². The minimum atomic E-state index is 0.769. The average molecular weight is 257 g/mol. The van der Waals surface area contributed by atoms with E-state index in [0.29, 0.717) is 0 Å². The summed E-state index contributed by atoms with van der Waals surface area (Å²) in [5.74, 6) is 1.54. The molecule has 104 valence electrons. The molecule has 19 heavy (non-hydrogen) atoms. The van der Waals surface area contributed by atoms with Crippen LogP contribution in [0, 0.1) is 11.8 Å². The quantitative estimate of drug-likeness (QED) is 0.818. The first-order valence-corrected chi connectivity index (χ1v) is 8.06. The van der Waals surface area contributed by atoms with Gasteiger partial charge in [-0.1, -0.05) is 32.0 Å². The molecule has 1 saturated carbocycles. The summed E-state index contributed by atoms with van der Waals surface area (Å²) in [6.45, 7) is 6.00. The summed E-state index contributed by atoms with van der Waals surface area (Å²) in [6.07, 6.45) is 7.98. The van der Waals surface area contributed by atoms with Crippen molar-refractivity contribution in [2.24, 2.45) is 11.8 Å². The molecule has 0 saturated heterocycles. The maximum absolute atomic E-state index is 3.66. The van der Waals surface area contributed by atoms with Crippen LogP contribution in [0.3, 0.4) is 0 Å². The highest BCUT2D eigenvalue weighted by molar-refractivity contribution is 5.35. The molecular formula is C18H27N. The van der Waals surface area contributed by atoms with Crippen LogP contribution in [0.4, 0.5) is 0 Å².